The highest BCUT2D eigenvalue weighted by atomic mass is 79.9. The SMILES string of the molecule is N#Cc1ccc(-c2ccc(Br)s2)[nH]c1=S. The number of aromatic nitrogens is 1. The van der Waals surface area contributed by atoms with Crippen molar-refractivity contribution in [3.05, 3.63) is 38.3 Å². The minimum absolute atomic E-state index is 0.486. The lowest BCUT2D eigenvalue weighted by Gasteiger charge is -1.97. The van der Waals surface area contributed by atoms with Crippen molar-refractivity contribution in [3.8, 4) is 16.6 Å². The van der Waals surface area contributed by atoms with Crippen LogP contribution >= 0.6 is 39.5 Å². The van der Waals surface area contributed by atoms with E-state index in [1.54, 1.807) is 17.4 Å². The summed E-state index contributed by atoms with van der Waals surface area (Å²) in [6, 6.07) is 9.63. The van der Waals surface area contributed by atoms with Gasteiger partial charge in [-0.25, -0.2) is 0 Å². The van der Waals surface area contributed by atoms with E-state index >= 15 is 0 Å². The maximum absolute atomic E-state index is 8.74. The van der Waals surface area contributed by atoms with Gasteiger partial charge < -0.3 is 4.98 Å². The van der Waals surface area contributed by atoms with Crippen molar-refractivity contribution in [2.24, 2.45) is 0 Å². The molecule has 0 fully saturated rings. The fourth-order valence-corrected chi connectivity index (χ4v) is 2.75. The summed E-state index contributed by atoms with van der Waals surface area (Å²) in [6.45, 7) is 0. The van der Waals surface area contributed by atoms with Gasteiger partial charge in [0, 0.05) is 0 Å². The van der Waals surface area contributed by atoms with Gasteiger partial charge in [0.15, 0.2) is 0 Å². The molecule has 0 radical (unpaired) electrons. The van der Waals surface area contributed by atoms with Gasteiger partial charge in [0.05, 0.1) is 19.9 Å². The summed E-state index contributed by atoms with van der Waals surface area (Å²) in [4.78, 5) is 4.13. The summed E-state index contributed by atoms with van der Waals surface area (Å²) in [6.07, 6.45) is 0. The minimum Gasteiger partial charge on any atom is -0.344 e. The Morgan fingerprint density at radius 2 is 2.13 bits per heavy atom. The first-order valence-electron chi connectivity index (χ1n) is 4.10. The van der Waals surface area contributed by atoms with E-state index in [1.807, 2.05) is 24.3 Å². The Kier molecular flexibility index (Phi) is 3.00. The van der Waals surface area contributed by atoms with E-state index in [1.165, 1.54) is 0 Å². The van der Waals surface area contributed by atoms with Gasteiger partial charge in [0.25, 0.3) is 0 Å². The van der Waals surface area contributed by atoms with Crippen LogP contribution in [0.3, 0.4) is 0 Å². The molecule has 5 heteroatoms. The Morgan fingerprint density at radius 3 is 2.67 bits per heavy atom. The molecule has 0 saturated heterocycles. The zero-order valence-corrected chi connectivity index (χ0v) is 10.7. The number of pyridine rings is 1. The number of thiophene rings is 1. The first kappa shape index (κ1) is 10.6. The number of rotatable bonds is 1. The second-order valence-corrected chi connectivity index (χ2v) is 5.70. The molecule has 0 unspecified atom stereocenters. The molecule has 0 spiro atoms. The van der Waals surface area contributed by atoms with Gasteiger partial charge in [-0.2, -0.15) is 5.26 Å². The van der Waals surface area contributed by atoms with Crippen LogP contribution in [0.5, 0.6) is 0 Å². The molecule has 0 aliphatic carbocycles. The number of aromatic amines is 1. The zero-order valence-electron chi connectivity index (χ0n) is 7.45. The smallest absolute Gasteiger partial charge is 0.121 e. The Bertz CT molecular complexity index is 592. The van der Waals surface area contributed by atoms with E-state index < -0.39 is 0 Å². The first-order chi connectivity index (χ1) is 7.20. The Morgan fingerprint density at radius 1 is 1.33 bits per heavy atom. The molecule has 2 aromatic heterocycles. The van der Waals surface area contributed by atoms with Gasteiger partial charge >= 0.3 is 0 Å². The normalized spacial score (nSPS) is 9.87. The van der Waals surface area contributed by atoms with Crippen molar-refractivity contribution < 1.29 is 0 Å². The van der Waals surface area contributed by atoms with Gasteiger partial charge in [0.1, 0.15) is 10.7 Å². The molecule has 2 heterocycles. The molecule has 0 saturated carbocycles. The lowest BCUT2D eigenvalue weighted by Crippen LogP contribution is -1.84. The average molecular weight is 297 g/mol. The van der Waals surface area contributed by atoms with Crippen molar-refractivity contribution in [2.45, 2.75) is 0 Å². The van der Waals surface area contributed by atoms with E-state index in [0.717, 1.165) is 14.4 Å². The molecule has 0 aliphatic heterocycles. The summed E-state index contributed by atoms with van der Waals surface area (Å²) in [7, 11) is 0. The van der Waals surface area contributed by atoms with Crippen LogP contribution < -0.4 is 0 Å². The Hall–Kier alpha value is -0.960. The molecule has 0 aromatic carbocycles. The molecule has 15 heavy (non-hydrogen) atoms. The quantitative estimate of drug-likeness (QED) is 0.805. The molecule has 2 nitrogen and oxygen atoms in total. The lowest BCUT2D eigenvalue weighted by atomic mass is 10.2. The standard InChI is InChI=1S/C10H5BrN2S2/c11-9-4-3-8(15-9)7-2-1-6(5-12)10(14)13-7/h1-4H,(H,13,14). The van der Waals surface area contributed by atoms with Gasteiger partial charge in [-0.1, -0.05) is 12.2 Å². The second-order valence-electron chi connectivity index (χ2n) is 2.83. The number of hydrogen-bond acceptors (Lipinski definition) is 3. The van der Waals surface area contributed by atoms with Crippen LogP contribution in [0, 0.1) is 16.0 Å². The maximum Gasteiger partial charge on any atom is 0.121 e. The zero-order chi connectivity index (χ0) is 10.8. The molecule has 0 atom stereocenters. The molecule has 1 N–H and O–H groups in total. The largest absolute Gasteiger partial charge is 0.344 e. The van der Waals surface area contributed by atoms with Gasteiger partial charge in [-0.15, -0.1) is 11.3 Å². The Balaban J connectivity index is 2.53. The van der Waals surface area contributed by atoms with Crippen LogP contribution in [0.15, 0.2) is 28.1 Å². The summed E-state index contributed by atoms with van der Waals surface area (Å²) in [5, 5.41) is 8.74. The van der Waals surface area contributed by atoms with Crippen molar-refractivity contribution in [1.29, 1.82) is 5.26 Å². The summed E-state index contributed by atoms with van der Waals surface area (Å²) >= 11 is 10.1. The molecule has 0 amide bonds. The van der Waals surface area contributed by atoms with Crippen molar-refractivity contribution in [3.63, 3.8) is 0 Å². The molecular formula is C10H5BrN2S2. The number of nitrogens with zero attached hydrogens (tertiary/aromatic N) is 1. The van der Waals surface area contributed by atoms with Crippen LogP contribution in [0.2, 0.25) is 0 Å². The van der Waals surface area contributed by atoms with E-state index in [-0.39, 0.29) is 0 Å². The van der Waals surface area contributed by atoms with Crippen LogP contribution in [0.4, 0.5) is 0 Å². The predicted molar refractivity (Wildman–Crippen MR) is 67.4 cm³/mol. The van der Waals surface area contributed by atoms with Crippen LogP contribution in [-0.4, -0.2) is 4.98 Å². The van der Waals surface area contributed by atoms with Crippen molar-refractivity contribution in [1.82, 2.24) is 4.98 Å². The molecule has 0 bridgehead atoms. The number of hydrogen-bond donors (Lipinski definition) is 1. The third-order valence-corrected chi connectivity index (χ3v) is 3.85. The minimum atomic E-state index is 0.486. The van der Waals surface area contributed by atoms with Crippen LogP contribution in [0.25, 0.3) is 10.6 Å². The van der Waals surface area contributed by atoms with E-state index in [9.17, 15) is 0 Å². The van der Waals surface area contributed by atoms with Crippen LogP contribution in [0.1, 0.15) is 5.56 Å². The fourth-order valence-electron chi connectivity index (χ4n) is 1.16. The summed E-state index contributed by atoms with van der Waals surface area (Å²) in [5.74, 6) is 0. The third kappa shape index (κ3) is 2.17. The molecule has 74 valence electrons. The lowest BCUT2D eigenvalue weighted by molar-refractivity contribution is 1.28. The van der Waals surface area contributed by atoms with Crippen LogP contribution in [-0.2, 0) is 0 Å². The molecule has 0 aliphatic rings. The predicted octanol–water partition coefficient (Wildman–Crippen LogP) is 4.11. The highest BCUT2D eigenvalue weighted by Crippen LogP contribution is 2.30. The van der Waals surface area contributed by atoms with Crippen molar-refractivity contribution >= 4 is 39.5 Å². The molecule has 2 aromatic rings. The molecular weight excluding hydrogens is 292 g/mol. The maximum atomic E-state index is 8.74. The first-order valence-corrected chi connectivity index (χ1v) is 6.11. The summed E-state index contributed by atoms with van der Waals surface area (Å²) in [5.41, 5.74) is 1.44. The van der Waals surface area contributed by atoms with Crippen molar-refractivity contribution in [2.75, 3.05) is 0 Å². The summed E-state index contributed by atoms with van der Waals surface area (Å²) < 4.78 is 1.56. The topological polar surface area (TPSA) is 39.6 Å². The Labute approximate surface area is 104 Å². The highest BCUT2D eigenvalue weighted by molar-refractivity contribution is 9.11. The third-order valence-electron chi connectivity index (χ3n) is 1.87. The monoisotopic (exact) mass is 296 g/mol. The van der Waals surface area contributed by atoms with E-state index in [4.69, 9.17) is 17.5 Å². The van der Waals surface area contributed by atoms with Gasteiger partial charge in [0.2, 0.25) is 0 Å². The number of H-pyrrole nitrogens is 1. The van der Waals surface area contributed by atoms with E-state index in [2.05, 4.69) is 20.9 Å². The number of halogens is 1. The van der Waals surface area contributed by atoms with Gasteiger partial charge in [-0.3, -0.25) is 0 Å². The fraction of sp³-hybridized carbons (Fsp3) is 0. The van der Waals surface area contributed by atoms with E-state index in [0.29, 0.717) is 10.2 Å². The molecule has 2 rings (SSSR count). The average Bonchev–Trinajstić information content (AvgIpc) is 2.65. The number of nitrogens with one attached hydrogen (secondary N) is 1. The highest BCUT2D eigenvalue weighted by Gasteiger charge is 2.02. The second kappa shape index (κ2) is 4.27. The van der Waals surface area contributed by atoms with Gasteiger partial charge in [-0.05, 0) is 40.2 Å². The number of nitriles is 1.